The molecule has 0 spiro atoms. The van der Waals surface area contributed by atoms with Crippen molar-refractivity contribution in [2.75, 3.05) is 0 Å². The summed E-state index contributed by atoms with van der Waals surface area (Å²) in [6.45, 7) is 17.3. The molecule has 0 amide bonds. The number of hydrogen-bond donors (Lipinski definition) is 0. The first-order valence-electron chi connectivity index (χ1n) is 10.7. The van der Waals surface area contributed by atoms with E-state index in [1.807, 2.05) is 50.3 Å². The first-order chi connectivity index (χ1) is 18.8. The third-order valence-electron chi connectivity index (χ3n) is 4.56. The summed E-state index contributed by atoms with van der Waals surface area (Å²) in [5, 5.41) is 0. The maximum absolute atomic E-state index is 10.7. The van der Waals surface area contributed by atoms with Gasteiger partial charge in [0.2, 0.25) is 0 Å². The van der Waals surface area contributed by atoms with Gasteiger partial charge in [-0.1, -0.05) is 97.6 Å². The molecule has 0 aliphatic heterocycles. The zero-order chi connectivity index (χ0) is 31.2. The SMILES string of the molecule is C=C=CC(c1ccccc1)(c1ccccc1)c1ccccc1.F[P-](F)(F)(F)(F)F.[C-]#[O+].[C-]#[O+].[C-]#[O+].[CH]1[CH][CH][CH][CH]1.[W+2]. The quantitative estimate of drug-likeness (QED) is 0.0636. The molecule has 5 radical (unpaired) electrons. The molecule has 3 aromatic rings. The van der Waals surface area contributed by atoms with E-state index in [9.17, 15) is 25.2 Å². The van der Waals surface area contributed by atoms with Gasteiger partial charge in [0.05, 0.1) is 5.41 Å². The molecule has 3 aromatic carbocycles. The molecule has 213 valence electrons. The van der Waals surface area contributed by atoms with Crippen molar-refractivity contribution in [3.63, 3.8) is 0 Å². The van der Waals surface area contributed by atoms with Gasteiger partial charge in [-0.3, -0.25) is 0 Å². The molecule has 1 saturated carbocycles. The van der Waals surface area contributed by atoms with Gasteiger partial charge in [-0.2, -0.15) is 0 Å². The van der Waals surface area contributed by atoms with Crippen LogP contribution in [-0.4, -0.2) is 0 Å². The zero-order valence-corrected chi connectivity index (χ0v) is 25.0. The Morgan fingerprint density at radius 2 is 0.732 bits per heavy atom. The molecule has 0 N–H and O–H groups in total. The van der Waals surface area contributed by atoms with Gasteiger partial charge in [-0.05, 0) is 54.9 Å². The fourth-order valence-electron chi connectivity index (χ4n) is 3.33. The predicted molar refractivity (Wildman–Crippen MR) is 140 cm³/mol. The van der Waals surface area contributed by atoms with Gasteiger partial charge >= 0.3 is 88.0 Å². The van der Waals surface area contributed by atoms with Crippen LogP contribution in [0.4, 0.5) is 25.2 Å². The molecule has 4 rings (SSSR count). The second kappa shape index (κ2) is 20.1. The second-order valence-corrected chi connectivity index (χ2v) is 9.09. The molecule has 41 heavy (non-hydrogen) atoms. The normalized spacial score (nSPS) is 12.8. The van der Waals surface area contributed by atoms with Crippen molar-refractivity contribution in [1.29, 1.82) is 0 Å². The minimum absolute atomic E-state index is 0. The first-order valence-corrected chi connectivity index (χ1v) is 12.7. The predicted octanol–water partition coefficient (Wildman–Crippen LogP) is 9.65. The van der Waals surface area contributed by atoms with Crippen molar-refractivity contribution in [3.05, 3.63) is 178 Å². The van der Waals surface area contributed by atoms with Crippen LogP contribution in [0, 0.1) is 52.1 Å². The standard InChI is InChI=1S/C22H18.C5H5.3CO.F6P.W/c1-2-18-22(19-12-6-3-7-13-19,20-14-8-4-9-15-20)21-16-10-5-11-17-21;1-2-4-5-3-1;3*1-2;1-7(2,3,4,5)6;/h3-18H,1H2;1-5H;;;;;/q;;;;;-1;+2. The van der Waals surface area contributed by atoms with Crippen molar-refractivity contribution in [1.82, 2.24) is 0 Å². The van der Waals surface area contributed by atoms with E-state index in [1.165, 1.54) is 16.7 Å². The molecule has 1 aliphatic rings. The molecule has 1 aliphatic carbocycles. The Hall–Kier alpha value is -2.90. The molecule has 0 atom stereocenters. The number of benzene rings is 3. The van der Waals surface area contributed by atoms with Crippen molar-refractivity contribution >= 4 is 7.81 Å². The fourth-order valence-corrected chi connectivity index (χ4v) is 3.33. The average Bonchev–Trinajstić information content (AvgIpc) is 3.56. The minimum Gasteiger partial charge on any atom is -0.0312 e. The van der Waals surface area contributed by atoms with Crippen LogP contribution in [0.5, 0.6) is 0 Å². The summed E-state index contributed by atoms with van der Waals surface area (Å²) in [7, 11) is -10.7. The number of hydrogen-bond acceptors (Lipinski definition) is 0. The van der Waals surface area contributed by atoms with E-state index in [2.05, 4.69) is 111 Å². The molecule has 0 aromatic heterocycles. The third-order valence-corrected chi connectivity index (χ3v) is 4.56. The van der Waals surface area contributed by atoms with E-state index < -0.39 is 7.81 Å². The van der Waals surface area contributed by atoms with Gasteiger partial charge in [-0.25, -0.2) is 0 Å². The number of rotatable bonds is 4. The van der Waals surface area contributed by atoms with Crippen molar-refractivity contribution in [2.45, 2.75) is 5.41 Å². The van der Waals surface area contributed by atoms with Gasteiger partial charge in [-0.15, -0.1) is 5.73 Å². The summed E-state index contributed by atoms with van der Waals surface area (Å²) in [5.41, 5.74) is 6.29. The Balaban J connectivity index is -0.000000629. The van der Waals surface area contributed by atoms with Gasteiger partial charge in [0.1, 0.15) is 0 Å². The van der Waals surface area contributed by atoms with Crippen molar-refractivity contribution in [2.24, 2.45) is 0 Å². The van der Waals surface area contributed by atoms with Crippen LogP contribution in [-0.2, 0) is 40.4 Å². The maximum atomic E-state index is 9.87. The Kier molecular flexibility index (Phi) is 20.8. The number of halogens is 6. The molecule has 0 heterocycles. The number of allylic oxidation sites excluding steroid dienone is 1. The fraction of sp³-hybridized carbons (Fsp3) is 0.0333. The van der Waals surface area contributed by atoms with Crippen molar-refractivity contribution < 1.29 is 60.2 Å². The van der Waals surface area contributed by atoms with Gasteiger partial charge in [0.15, 0.2) is 0 Å². The Morgan fingerprint density at radius 1 is 0.537 bits per heavy atom. The summed E-state index contributed by atoms with van der Waals surface area (Å²) in [6.07, 6.45) is 12.1. The summed E-state index contributed by atoms with van der Waals surface area (Å²) < 4.78 is 81.7. The van der Waals surface area contributed by atoms with Gasteiger partial charge in [0, 0.05) is 0 Å². The summed E-state index contributed by atoms with van der Waals surface area (Å²) in [4.78, 5) is 0. The van der Waals surface area contributed by atoms with E-state index in [1.54, 1.807) is 0 Å². The molecular weight excluding hydrogens is 737 g/mol. The molecule has 0 bridgehead atoms. The van der Waals surface area contributed by atoms with E-state index in [0.29, 0.717) is 0 Å². The molecular formula is C30H23F6O3PW+. The van der Waals surface area contributed by atoms with Crippen LogP contribution in [0.2, 0.25) is 0 Å². The van der Waals surface area contributed by atoms with E-state index in [0.717, 1.165) is 0 Å². The summed E-state index contributed by atoms with van der Waals surface area (Å²) in [5.74, 6) is 0. The first kappa shape index (κ1) is 42.6. The topological polar surface area (TPSA) is 59.7 Å². The van der Waals surface area contributed by atoms with Gasteiger partial charge in [0.25, 0.3) is 0 Å². The largest absolute Gasteiger partial charge is 2.00 e. The van der Waals surface area contributed by atoms with Crippen LogP contribution >= 0.6 is 7.81 Å². The van der Waals surface area contributed by atoms with Crippen LogP contribution in [0.25, 0.3) is 0 Å². The smallest absolute Gasteiger partial charge is 0.0312 e. The monoisotopic (exact) mass is 760 g/mol. The minimum atomic E-state index is -10.7. The third kappa shape index (κ3) is 19.8. The molecule has 1 fully saturated rings. The average molecular weight is 760 g/mol. The Bertz CT molecular complexity index is 1080. The Labute approximate surface area is 251 Å². The van der Waals surface area contributed by atoms with E-state index in [-0.39, 0.29) is 26.5 Å². The van der Waals surface area contributed by atoms with Crippen LogP contribution in [0.3, 0.4) is 0 Å². The molecule has 11 heteroatoms. The zero-order valence-electron chi connectivity index (χ0n) is 21.2. The summed E-state index contributed by atoms with van der Waals surface area (Å²) >= 11 is 0. The molecule has 0 unspecified atom stereocenters. The maximum Gasteiger partial charge on any atom is 2.00 e. The Morgan fingerprint density at radius 3 is 0.902 bits per heavy atom. The van der Waals surface area contributed by atoms with Gasteiger partial charge < -0.3 is 0 Å². The van der Waals surface area contributed by atoms with E-state index in [4.69, 9.17) is 14.0 Å². The second-order valence-electron chi connectivity index (χ2n) is 7.18. The molecule has 3 nitrogen and oxygen atoms in total. The van der Waals surface area contributed by atoms with Crippen molar-refractivity contribution in [3.8, 4) is 0 Å². The summed E-state index contributed by atoms with van der Waals surface area (Å²) in [6, 6.07) is 31.6. The van der Waals surface area contributed by atoms with E-state index >= 15 is 0 Å². The van der Waals surface area contributed by atoms with Crippen LogP contribution in [0.15, 0.2) is 109 Å². The molecule has 0 saturated heterocycles. The van der Waals surface area contributed by atoms with Crippen LogP contribution in [0.1, 0.15) is 16.7 Å². The van der Waals surface area contributed by atoms with Crippen LogP contribution < -0.4 is 0 Å².